The van der Waals surface area contributed by atoms with Gasteiger partial charge in [0.15, 0.2) is 0 Å². The van der Waals surface area contributed by atoms with Gasteiger partial charge in [0.25, 0.3) is 0 Å². The smallest absolute Gasteiger partial charge is 0.119 e. The minimum absolute atomic E-state index is 0.501. The highest BCUT2D eigenvalue weighted by Crippen LogP contribution is 2.17. The molecule has 1 N–H and O–H groups in total. The molecule has 0 spiro atoms. The number of rotatable bonds is 4. The van der Waals surface area contributed by atoms with Crippen LogP contribution in [0.2, 0.25) is 0 Å². The van der Waals surface area contributed by atoms with E-state index in [2.05, 4.69) is 31.3 Å². The van der Waals surface area contributed by atoms with Crippen molar-refractivity contribution in [2.24, 2.45) is 0 Å². The van der Waals surface area contributed by atoms with Gasteiger partial charge in [0.1, 0.15) is 5.75 Å². The molecular formula is C12H19NO. The molecule has 1 atom stereocenters. The second kappa shape index (κ2) is 5.01. The van der Waals surface area contributed by atoms with E-state index in [0.29, 0.717) is 6.04 Å². The Morgan fingerprint density at radius 3 is 2.64 bits per heavy atom. The van der Waals surface area contributed by atoms with Crippen molar-refractivity contribution in [1.82, 2.24) is 5.32 Å². The maximum Gasteiger partial charge on any atom is 0.119 e. The zero-order chi connectivity index (χ0) is 10.6. The molecule has 0 aromatic heterocycles. The summed E-state index contributed by atoms with van der Waals surface area (Å²) >= 11 is 0. The number of likely N-dealkylation sites (N-methyl/N-ethyl adjacent to an activating group) is 1. The molecule has 0 saturated carbocycles. The maximum absolute atomic E-state index is 5.23. The van der Waals surface area contributed by atoms with Gasteiger partial charge in [0.2, 0.25) is 0 Å². The van der Waals surface area contributed by atoms with Crippen LogP contribution in [0, 0.1) is 6.92 Å². The van der Waals surface area contributed by atoms with Gasteiger partial charge in [-0.15, -0.1) is 0 Å². The first-order valence-electron chi connectivity index (χ1n) is 4.97. The van der Waals surface area contributed by atoms with Crippen molar-refractivity contribution < 1.29 is 4.74 Å². The summed E-state index contributed by atoms with van der Waals surface area (Å²) in [5.74, 6) is 0.948. The van der Waals surface area contributed by atoms with Crippen molar-refractivity contribution in [3.63, 3.8) is 0 Å². The molecule has 0 aliphatic heterocycles. The molecule has 0 amide bonds. The Hall–Kier alpha value is -1.02. The van der Waals surface area contributed by atoms with Gasteiger partial charge >= 0.3 is 0 Å². The van der Waals surface area contributed by atoms with E-state index in [0.717, 1.165) is 12.2 Å². The van der Waals surface area contributed by atoms with Crippen LogP contribution in [0.25, 0.3) is 0 Å². The summed E-state index contributed by atoms with van der Waals surface area (Å²) in [6, 6.07) is 6.85. The molecule has 78 valence electrons. The van der Waals surface area contributed by atoms with Crippen LogP contribution in [0.1, 0.15) is 18.1 Å². The molecule has 1 unspecified atom stereocenters. The highest BCUT2D eigenvalue weighted by atomic mass is 16.5. The van der Waals surface area contributed by atoms with Crippen molar-refractivity contribution >= 4 is 0 Å². The van der Waals surface area contributed by atoms with Crippen molar-refractivity contribution in [1.29, 1.82) is 0 Å². The molecule has 14 heavy (non-hydrogen) atoms. The van der Waals surface area contributed by atoms with Crippen molar-refractivity contribution in [3.05, 3.63) is 29.3 Å². The monoisotopic (exact) mass is 193 g/mol. The molecule has 0 aliphatic rings. The molecule has 0 aliphatic carbocycles. The fraction of sp³-hybridized carbons (Fsp3) is 0.500. The molecule has 1 rings (SSSR count). The van der Waals surface area contributed by atoms with E-state index in [9.17, 15) is 0 Å². The molecule has 0 fully saturated rings. The molecule has 0 saturated heterocycles. The Balaban J connectivity index is 2.81. The number of hydrogen-bond acceptors (Lipinski definition) is 2. The van der Waals surface area contributed by atoms with Gasteiger partial charge in [-0.05, 0) is 50.6 Å². The van der Waals surface area contributed by atoms with Gasteiger partial charge in [-0.1, -0.05) is 6.07 Å². The average Bonchev–Trinajstić information content (AvgIpc) is 2.16. The number of methoxy groups -OCH3 is 1. The van der Waals surface area contributed by atoms with Crippen molar-refractivity contribution in [3.8, 4) is 5.75 Å². The number of benzene rings is 1. The van der Waals surface area contributed by atoms with Crippen LogP contribution in [0.4, 0.5) is 0 Å². The predicted octanol–water partition coefficient (Wildman–Crippen LogP) is 2.15. The third-order valence-electron chi connectivity index (χ3n) is 2.38. The summed E-state index contributed by atoms with van der Waals surface area (Å²) < 4.78 is 5.23. The minimum Gasteiger partial charge on any atom is -0.497 e. The van der Waals surface area contributed by atoms with E-state index >= 15 is 0 Å². The zero-order valence-corrected chi connectivity index (χ0v) is 9.42. The maximum atomic E-state index is 5.23. The Kier molecular flexibility index (Phi) is 3.96. The van der Waals surface area contributed by atoms with E-state index in [1.807, 2.05) is 13.1 Å². The second-order valence-corrected chi connectivity index (χ2v) is 3.75. The van der Waals surface area contributed by atoms with Gasteiger partial charge in [-0.2, -0.15) is 0 Å². The molecule has 2 heteroatoms. The molecule has 0 bridgehead atoms. The van der Waals surface area contributed by atoms with E-state index < -0.39 is 0 Å². The van der Waals surface area contributed by atoms with Gasteiger partial charge < -0.3 is 10.1 Å². The normalized spacial score (nSPS) is 12.6. The fourth-order valence-corrected chi connectivity index (χ4v) is 1.52. The molecule has 2 nitrogen and oxygen atoms in total. The quantitative estimate of drug-likeness (QED) is 0.791. The lowest BCUT2D eigenvalue weighted by atomic mass is 10.0. The molecule has 1 aromatic carbocycles. The first-order chi connectivity index (χ1) is 6.65. The molecule has 1 aromatic rings. The van der Waals surface area contributed by atoms with Crippen molar-refractivity contribution in [2.45, 2.75) is 26.3 Å². The highest BCUT2D eigenvalue weighted by molar-refractivity contribution is 5.34. The number of ether oxygens (including phenoxy) is 1. The zero-order valence-electron chi connectivity index (χ0n) is 9.42. The predicted molar refractivity (Wildman–Crippen MR) is 60.0 cm³/mol. The number of hydrogen-bond donors (Lipinski definition) is 1. The standard InChI is InChI=1S/C12H19NO/c1-9-5-11(7-10(2)13-3)8-12(6-9)14-4/h5-6,8,10,13H,7H2,1-4H3. The molecule has 0 radical (unpaired) electrons. The van der Waals surface area contributed by atoms with Crippen LogP contribution in [-0.4, -0.2) is 20.2 Å². The Labute approximate surface area is 86.3 Å². The highest BCUT2D eigenvalue weighted by Gasteiger charge is 2.03. The first-order valence-corrected chi connectivity index (χ1v) is 4.97. The van der Waals surface area contributed by atoms with Crippen LogP contribution in [0.3, 0.4) is 0 Å². The third kappa shape index (κ3) is 3.04. The largest absolute Gasteiger partial charge is 0.497 e. The summed E-state index contributed by atoms with van der Waals surface area (Å²) in [6.45, 7) is 4.27. The Morgan fingerprint density at radius 1 is 1.36 bits per heavy atom. The topological polar surface area (TPSA) is 21.3 Å². The molecule has 0 heterocycles. The first kappa shape index (κ1) is 11.1. The lowest BCUT2D eigenvalue weighted by molar-refractivity contribution is 0.413. The van der Waals surface area contributed by atoms with Crippen LogP contribution in [0.15, 0.2) is 18.2 Å². The van der Waals surface area contributed by atoms with Crippen LogP contribution < -0.4 is 10.1 Å². The summed E-state index contributed by atoms with van der Waals surface area (Å²) in [5, 5.41) is 3.23. The Bertz CT molecular complexity index is 296. The third-order valence-corrected chi connectivity index (χ3v) is 2.38. The van der Waals surface area contributed by atoms with Crippen LogP contribution in [-0.2, 0) is 6.42 Å². The van der Waals surface area contributed by atoms with Crippen molar-refractivity contribution in [2.75, 3.05) is 14.2 Å². The van der Waals surface area contributed by atoms with E-state index in [4.69, 9.17) is 4.74 Å². The average molecular weight is 193 g/mol. The van der Waals surface area contributed by atoms with E-state index in [1.165, 1.54) is 11.1 Å². The number of nitrogens with one attached hydrogen (secondary N) is 1. The Morgan fingerprint density at radius 2 is 2.07 bits per heavy atom. The minimum atomic E-state index is 0.501. The van der Waals surface area contributed by atoms with Gasteiger partial charge in [0.05, 0.1) is 7.11 Å². The fourth-order valence-electron chi connectivity index (χ4n) is 1.52. The van der Waals surface area contributed by atoms with Crippen LogP contribution >= 0.6 is 0 Å². The van der Waals surface area contributed by atoms with Gasteiger partial charge in [-0.25, -0.2) is 0 Å². The van der Waals surface area contributed by atoms with Crippen LogP contribution in [0.5, 0.6) is 5.75 Å². The molecular weight excluding hydrogens is 174 g/mol. The summed E-state index contributed by atoms with van der Waals surface area (Å²) in [5.41, 5.74) is 2.58. The van der Waals surface area contributed by atoms with E-state index in [-0.39, 0.29) is 0 Å². The lowest BCUT2D eigenvalue weighted by Crippen LogP contribution is -2.23. The van der Waals surface area contributed by atoms with Gasteiger partial charge in [0, 0.05) is 6.04 Å². The number of aryl methyl sites for hydroxylation is 1. The second-order valence-electron chi connectivity index (χ2n) is 3.75. The lowest BCUT2D eigenvalue weighted by Gasteiger charge is -2.11. The van der Waals surface area contributed by atoms with Gasteiger partial charge in [-0.3, -0.25) is 0 Å². The SMILES string of the molecule is CNC(C)Cc1cc(C)cc(OC)c1. The summed E-state index contributed by atoms with van der Waals surface area (Å²) in [6.07, 6.45) is 1.04. The summed E-state index contributed by atoms with van der Waals surface area (Å²) in [7, 11) is 3.69. The van der Waals surface area contributed by atoms with E-state index in [1.54, 1.807) is 7.11 Å². The summed E-state index contributed by atoms with van der Waals surface area (Å²) in [4.78, 5) is 0.